The summed E-state index contributed by atoms with van der Waals surface area (Å²) in [6.07, 6.45) is 0.483. The molecule has 0 aliphatic heterocycles. The minimum atomic E-state index is -0.0876. The van der Waals surface area contributed by atoms with Gasteiger partial charge in [-0.2, -0.15) is 0 Å². The quantitative estimate of drug-likeness (QED) is 0.748. The van der Waals surface area contributed by atoms with Crippen molar-refractivity contribution in [2.75, 3.05) is 0 Å². The molecule has 2 aromatic rings. The number of Topliss-reactive ketones (excluding diaryl/α,β-unsaturated/α-hetero) is 1. The van der Waals surface area contributed by atoms with Crippen LogP contribution >= 0.6 is 11.3 Å². The summed E-state index contributed by atoms with van der Waals surface area (Å²) in [6.45, 7) is 6.28. The van der Waals surface area contributed by atoms with Crippen molar-refractivity contribution in [3.63, 3.8) is 0 Å². The number of carbonyl (C=O) groups is 2. The fraction of sp³-hybridized carbons (Fsp3) is 0.368. The molecule has 0 aliphatic rings. The first kappa shape index (κ1) is 17.4. The van der Waals surface area contributed by atoms with E-state index in [1.165, 1.54) is 16.9 Å². The monoisotopic (exact) mass is 329 g/mol. The SMILES string of the molecule is CC(C)c1ccc(C(C)NC(=O)CCC(=O)c2cccs2)cc1. The van der Waals surface area contributed by atoms with Gasteiger partial charge < -0.3 is 5.32 Å². The first-order valence-corrected chi connectivity index (χ1v) is 8.81. The number of benzene rings is 1. The molecule has 1 amide bonds. The highest BCUT2D eigenvalue weighted by molar-refractivity contribution is 7.12. The first-order valence-electron chi connectivity index (χ1n) is 7.93. The number of thiophene rings is 1. The maximum atomic E-state index is 12.0. The summed E-state index contributed by atoms with van der Waals surface area (Å²) in [6, 6.07) is 11.9. The summed E-state index contributed by atoms with van der Waals surface area (Å²) in [7, 11) is 0. The molecular weight excluding hydrogens is 306 g/mol. The third kappa shape index (κ3) is 5.03. The predicted molar refractivity (Wildman–Crippen MR) is 95.0 cm³/mol. The number of nitrogens with one attached hydrogen (secondary N) is 1. The Morgan fingerprint density at radius 1 is 1.00 bits per heavy atom. The van der Waals surface area contributed by atoms with Crippen LogP contribution in [-0.2, 0) is 4.79 Å². The Kier molecular flexibility index (Phi) is 6.11. The van der Waals surface area contributed by atoms with Gasteiger partial charge in [-0.3, -0.25) is 9.59 Å². The Bertz CT molecular complexity index is 645. The van der Waals surface area contributed by atoms with Crippen LogP contribution in [0.3, 0.4) is 0 Å². The molecule has 1 N–H and O–H groups in total. The van der Waals surface area contributed by atoms with E-state index in [1.807, 2.05) is 18.4 Å². The van der Waals surface area contributed by atoms with Crippen LogP contribution in [0.1, 0.15) is 66.4 Å². The normalized spacial score (nSPS) is 12.2. The van der Waals surface area contributed by atoms with Crippen LogP contribution in [0.4, 0.5) is 0 Å². The molecule has 4 heteroatoms. The number of carbonyl (C=O) groups excluding carboxylic acids is 2. The fourth-order valence-electron chi connectivity index (χ4n) is 2.35. The lowest BCUT2D eigenvalue weighted by Crippen LogP contribution is -2.26. The van der Waals surface area contributed by atoms with Crippen molar-refractivity contribution < 1.29 is 9.59 Å². The highest BCUT2D eigenvalue weighted by atomic mass is 32.1. The van der Waals surface area contributed by atoms with E-state index in [-0.39, 0.29) is 30.6 Å². The van der Waals surface area contributed by atoms with Gasteiger partial charge in [-0.1, -0.05) is 44.2 Å². The molecule has 1 unspecified atom stereocenters. The van der Waals surface area contributed by atoms with Crippen LogP contribution in [0, 0.1) is 0 Å². The van der Waals surface area contributed by atoms with E-state index in [9.17, 15) is 9.59 Å². The maximum absolute atomic E-state index is 12.0. The minimum absolute atomic E-state index is 0.0316. The van der Waals surface area contributed by atoms with Gasteiger partial charge in [0.05, 0.1) is 10.9 Å². The van der Waals surface area contributed by atoms with Crippen molar-refractivity contribution in [3.8, 4) is 0 Å². The number of amides is 1. The molecule has 0 saturated carbocycles. The zero-order valence-corrected chi connectivity index (χ0v) is 14.7. The third-order valence-electron chi connectivity index (χ3n) is 3.86. The lowest BCUT2D eigenvalue weighted by molar-refractivity contribution is -0.121. The van der Waals surface area contributed by atoms with E-state index >= 15 is 0 Å². The van der Waals surface area contributed by atoms with Gasteiger partial charge in [0.2, 0.25) is 5.91 Å². The number of hydrogen-bond acceptors (Lipinski definition) is 3. The standard InChI is InChI=1S/C19H23NO2S/c1-13(2)15-6-8-16(9-7-15)14(3)20-19(22)11-10-17(21)18-5-4-12-23-18/h4-9,12-14H,10-11H2,1-3H3,(H,20,22). The second-order valence-corrected chi connectivity index (χ2v) is 6.96. The highest BCUT2D eigenvalue weighted by Crippen LogP contribution is 2.19. The molecule has 1 heterocycles. The number of hydrogen-bond donors (Lipinski definition) is 1. The smallest absolute Gasteiger partial charge is 0.220 e. The summed E-state index contributed by atoms with van der Waals surface area (Å²) >= 11 is 1.42. The Hall–Kier alpha value is -1.94. The zero-order chi connectivity index (χ0) is 16.8. The van der Waals surface area contributed by atoms with Crippen LogP contribution in [0.2, 0.25) is 0 Å². The average Bonchev–Trinajstić information content (AvgIpc) is 3.07. The van der Waals surface area contributed by atoms with Crippen molar-refractivity contribution in [2.24, 2.45) is 0 Å². The lowest BCUT2D eigenvalue weighted by atomic mass is 9.99. The van der Waals surface area contributed by atoms with Crippen LogP contribution in [0.25, 0.3) is 0 Å². The van der Waals surface area contributed by atoms with Crippen molar-refractivity contribution in [2.45, 2.75) is 45.6 Å². The van der Waals surface area contributed by atoms with Gasteiger partial charge >= 0.3 is 0 Å². The van der Waals surface area contributed by atoms with Crippen LogP contribution in [0.5, 0.6) is 0 Å². The Balaban J connectivity index is 1.83. The highest BCUT2D eigenvalue weighted by Gasteiger charge is 2.13. The van der Waals surface area contributed by atoms with Crippen LogP contribution < -0.4 is 5.32 Å². The summed E-state index contributed by atoms with van der Waals surface area (Å²) in [4.78, 5) is 24.6. The average molecular weight is 329 g/mol. The molecule has 0 aliphatic carbocycles. The van der Waals surface area contributed by atoms with Crippen LogP contribution in [0.15, 0.2) is 41.8 Å². The Morgan fingerprint density at radius 3 is 2.22 bits per heavy atom. The van der Waals surface area contributed by atoms with E-state index in [4.69, 9.17) is 0 Å². The second-order valence-electron chi connectivity index (χ2n) is 6.01. The summed E-state index contributed by atoms with van der Waals surface area (Å²) in [5, 5.41) is 4.83. The third-order valence-corrected chi connectivity index (χ3v) is 4.77. The van der Waals surface area contributed by atoms with Crippen molar-refractivity contribution in [1.29, 1.82) is 0 Å². The zero-order valence-electron chi connectivity index (χ0n) is 13.8. The minimum Gasteiger partial charge on any atom is -0.350 e. The van der Waals surface area contributed by atoms with Gasteiger partial charge in [-0.15, -0.1) is 11.3 Å². The number of rotatable bonds is 7. The predicted octanol–water partition coefficient (Wildman–Crippen LogP) is 4.71. The van der Waals surface area contributed by atoms with Crippen LogP contribution in [-0.4, -0.2) is 11.7 Å². The topological polar surface area (TPSA) is 46.2 Å². The van der Waals surface area contributed by atoms with E-state index in [1.54, 1.807) is 6.07 Å². The van der Waals surface area contributed by atoms with Gasteiger partial charge in [0.1, 0.15) is 0 Å². The van der Waals surface area contributed by atoms with Gasteiger partial charge in [0.15, 0.2) is 5.78 Å². The molecule has 0 bridgehead atoms. The lowest BCUT2D eigenvalue weighted by Gasteiger charge is -2.15. The molecule has 0 radical (unpaired) electrons. The Morgan fingerprint density at radius 2 is 1.65 bits per heavy atom. The van der Waals surface area contributed by atoms with E-state index in [0.717, 1.165) is 10.4 Å². The van der Waals surface area contributed by atoms with E-state index in [0.29, 0.717) is 5.92 Å². The molecule has 3 nitrogen and oxygen atoms in total. The van der Waals surface area contributed by atoms with Gasteiger partial charge in [0, 0.05) is 12.8 Å². The maximum Gasteiger partial charge on any atom is 0.220 e. The van der Waals surface area contributed by atoms with E-state index in [2.05, 4.69) is 43.4 Å². The van der Waals surface area contributed by atoms with Crippen molar-refractivity contribution >= 4 is 23.0 Å². The van der Waals surface area contributed by atoms with Gasteiger partial charge in [0.25, 0.3) is 0 Å². The van der Waals surface area contributed by atoms with Crippen molar-refractivity contribution in [1.82, 2.24) is 5.32 Å². The molecule has 1 aromatic carbocycles. The second kappa shape index (κ2) is 8.06. The summed E-state index contributed by atoms with van der Waals surface area (Å²) < 4.78 is 0. The van der Waals surface area contributed by atoms with Crippen molar-refractivity contribution in [3.05, 3.63) is 57.8 Å². The number of ketones is 1. The summed E-state index contributed by atoms with van der Waals surface area (Å²) in [5.41, 5.74) is 2.36. The van der Waals surface area contributed by atoms with E-state index < -0.39 is 0 Å². The molecule has 1 atom stereocenters. The Labute approximate surface area is 141 Å². The molecule has 1 aromatic heterocycles. The molecule has 0 spiro atoms. The molecule has 0 saturated heterocycles. The molecule has 23 heavy (non-hydrogen) atoms. The molecule has 122 valence electrons. The molecule has 0 fully saturated rings. The first-order chi connectivity index (χ1) is 11.0. The largest absolute Gasteiger partial charge is 0.350 e. The van der Waals surface area contributed by atoms with Gasteiger partial charge in [-0.25, -0.2) is 0 Å². The fourth-order valence-corrected chi connectivity index (χ4v) is 3.05. The molecular formula is C19H23NO2S. The van der Waals surface area contributed by atoms with Gasteiger partial charge in [-0.05, 0) is 35.4 Å². The molecule has 2 rings (SSSR count). The summed E-state index contributed by atoms with van der Waals surface area (Å²) in [5.74, 6) is 0.441.